The quantitative estimate of drug-likeness (QED) is 0.210. The van der Waals surface area contributed by atoms with Crippen LogP contribution in [0.2, 0.25) is 0 Å². The monoisotopic (exact) mass is 561 g/mol. The van der Waals surface area contributed by atoms with Crippen LogP contribution in [0.5, 0.6) is 0 Å². The molecule has 1 fully saturated rings. The number of hydrogen-bond donors (Lipinski definition) is 2. The number of carbonyl (C=O) groups excluding carboxylic acids is 1. The van der Waals surface area contributed by atoms with E-state index in [0.29, 0.717) is 31.5 Å². The fourth-order valence-corrected chi connectivity index (χ4v) is 5.89. The maximum Gasteiger partial charge on any atom is 0.306 e. The lowest BCUT2D eigenvalue weighted by Crippen LogP contribution is -2.32. The van der Waals surface area contributed by atoms with Gasteiger partial charge in [-0.05, 0) is 83.7 Å². The Morgan fingerprint density at radius 2 is 1.48 bits per heavy atom. The van der Waals surface area contributed by atoms with Crippen LogP contribution < -0.4 is 5.32 Å². The number of amides is 1. The molecule has 0 bridgehead atoms. The normalized spacial score (nSPS) is 16.8. The van der Waals surface area contributed by atoms with Crippen LogP contribution >= 0.6 is 0 Å². The van der Waals surface area contributed by atoms with Gasteiger partial charge in [0.1, 0.15) is 5.82 Å². The van der Waals surface area contributed by atoms with Crippen molar-refractivity contribution in [2.45, 2.75) is 32.2 Å². The van der Waals surface area contributed by atoms with Crippen molar-refractivity contribution in [1.82, 2.24) is 15.1 Å². The first-order valence-electron chi connectivity index (χ1n) is 14.4. The summed E-state index contributed by atoms with van der Waals surface area (Å²) in [5.41, 5.74) is 6.25. The van der Waals surface area contributed by atoms with Gasteiger partial charge in [0.15, 0.2) is 0 Å². The van der Waals surface area contributed by atoms with Crippen molar-refractivity contribution >= 4 is 22.8 Å². The minimum absolute atomic E-state index is 0.161. The molecule has 212 valence electrons. The number of carbonyl (C=O) groups is 2. The molecule has 0 atom stereocenters. The Hall–Kier alpha value is -4.78. The summed E-state index contributed by atoms with van der Waals surface area (Å²) in [6.07, 6.45) is 4.69. The molecule has 42 heavy (non-hydrogen) atoms. The second-order valence-electron chi connectivity index (χ2n) is 11.1. The Bertz CT molecular complexity index is 1710. The molecule has 1 aromatic heterocycles. The molecule has 4 aromatic carbocycles. The molecule has 0 spiro atoms. The van der Waals surface area contributed by atoms with E-state index in [1.165, 1.54) is 12.1 Å². The van der Waals surface area contributed by atoms with Crippen LogP contribution in [-0.2, 0) is 11.3 Å². The van der Waals surface area contributed by atoms with Gasteiger partial charge in [-0.1, -0.05) is 66.7 Å². The first kappa shape index (κ1) is 27.4. The summed E-state index contributed by atoms with van der Waals surface area (Å²) >= 11 is 0. The van der Waals surface area contributed by atoms with Crippen molar-refractivity contribution in [3.8, 4) is 22.3 Å². The third-order valence-corrected chi connectivity index (χ3v) is 8.30. The van der Waals surface area contributed by atoms with Gasteiger partial charge in [0.25, 0.3) is 5.91 Å². The van der Waals surface area contributed by atoms with Gasteiger partial charge in [0.2, 0.25) is 0 Å². The Labute approximate surface area is 243 Å². The summed E-state index contributed by atoms with van der Waals surface area (Å²) in [6, 6.07) is 28.5. The number of rotatable bonds is 8. The van der Waals surface area contributed by atoms with Crippen LogP contribution in [0.15, 0.2) is 97.2 Å². The van der Waals surface area contributed by atoms with Crippen molar-refractivity contribution in [2.24, 2.45) is 11.8 Å². The smallest absolute Gasteiger partial charge is 0.306 e. The molecule has 5 aromatic rings. The SMILES string of the molecule is O=C(NCC1CCC(C(=O)O)CC1)c1cc(-c2ccccc2)cc2cnn(Cc3ccc(-c4ccc(F)cc4)cc3)c12. The van der Waals surface area contributed by atoms with Gasteiger partial charge in [-0.2, -0.15) is 5.10 Å². The molecule has 6 nitrogen and oxygen atoms in total. The van der Waals surface area contributed by atoms with Gasteiger partial charge in [0, 0.05) is 11.9 Å². The molecular weight excluding hydrogens is 529 g/mol. The standard InChI is InChI=1S/C35H32FN3O3/c36-31-16-14-27(15-17-31)26-10-8-24(9-11-26)22-39-33-30(21-38-39)18-29(25-4-2-1-3-5-25)19-32(33)34(40)37-20-23-6-12-28(13-7-23)35(41)42/h1-5,8-11,14-19,21,23,28H,6-7,12-13,20,22H2,(H,37,40)(H,41,42). The number of hydrogen-bond acceptors (Lipinski definition) is 3. The molecule has 0 aliphatic heterocycles. The second-order valence-corrected chi connectivity index (χ2v) is 11.1. The molecule has 1 saturated carbocycles. The summed E-state index contributed by atoms with van der Waals surface area (Å²) in [7, 11) is 0. The molecule has 1 aliphatic rings. The summed E-state index contributed by atoms with van der Waals surface area (Å²) in [5, 5.41) is 18.0. The van der Waals surface area contributed by atoms with E-state index in [-0.39, 0.29) is 23.6 Å². The van der Waals surface area contributed by atoms with Crippen molar-refractivity contribution in [1.29, 1.82) is 0 Å². The van der Waals surface area contributed by atoms with E-state index in [9.17, 15) is 19.1 Å². The third kappa shape index (κ3) is 5.96. The van der Waals surface area contributed by atoms with Crippen molar-refractivity contribution in [2.75, 3.05) is 6.54 Å². The molecule has 0 saturated heterocycles. The van der Waals surface area contributed by atoms with Crippen molar-refractivity contribution < 1.29 is 19.1 Å². The molecule has 7 heteroatoms. The molecular formula is C35H32FN3O3. The number of carboxylic acids is 1. The zero-order valence-corrected chi connectivity index (χ0v) is 23.2. The lowest BCUT2D eigenvalue weighted by atomic mass is 9.82. The average Bonchev–Trinajstić information content (AvgIpc) is 3.43. The molecule has 1 aliphatic carbocycles. The zero-order chi connectivity index (χ0) is 29.1. The van der Waals surface area contributed by atoms with Gasteiger partial charge in [0.05, 0.1) is 29.7 Å². The summed E-state index contributed by atoms with van der Waals surface area (Å²) in [5.74, 6) is -1.16. The van der Waals surface area contributed by atoms with Crippen LogP contribution in [0.1, 0.15) is 41.6 Å². The molecule has 0 unspecified atom stereocenters. The highest BCUT2D eigenvalue weighted by atomic mass is 19.1. The van der Waals surface area contributed by atoms with Gasteiger partial charge in [-0.25, -0.2) is 4.39 Å². The van der Waals surface area contributed by atoms with Crippen LogP contribution in [0, 0.1) is 17.7 Å². The molecule has 0 radical (unpaired) electrons. The fraction of sp³-hybridized carbons (Fsp3) is 0.229. The first-order chi connectivity index (χ1) is 20.4. The first-order valence-corrected chi connectivity index (χ1v) is 14.4. The van der Waals surface area contributed by atoms with Crippen LogP contribution in [0.4, 0.5) is 4.39 Å². The highest BCUT2D eigenvalue weighted by molar-refractivity contribution is 6.07. The predicted molar refractivity (Wildman–Crippen MR) is 162 cm³/mol. The molecule has 1 heterocycles. The average molecular weight is 562 g/mol. The molecule has 6 rings (SSSR count). The lowest BCUT2D eigenvalue weighted by molar-refractivity contribution is -0.143. The largest absolute Gasteiger partial charge is 0.481 e. The van der Waals surface area contributed by atoms with Crippen LogP contribution in [-0.4, -0.2) is 33.3 Å². The van der Waals surface area contributed by atoms with Gasteiger partial charge in [-0.15, -0.1) is 0 Å². The highest BCUT2D eigenvalue weighted by Gasteiger charge is 2.26. The third-order valence-electron chi connectivity index (χ3n) is 8.30. The van der Waals surface area contributed by atoms with Crippen molar-refractivity contribution in [3.63, 3.8) is 0 Å². The van der Waals surface area contributed by atoms with E-state index in [2.05, 4.69) is 16.5 Å². The summed E-state index contributed by atoms with van der Waals surface area (Å²) in [6.45, 7) is 0.999. The minimum atomic E-state index is -0.726. The van der Waals surface area contributed by atoms with Crippen LogP contribution in [0.3, 0.4) is 0 Å². The maximum atomic E-state index is 13.7. The number of aliphatic carboxylic acids is 1. The zero-order valence-electron chi connectivity index (χ0n) is 23.2. The number of aromatic nitrogens is 2. The molecule has 1 amide bonds. The van der Waals surface area contributed by atoms with Gasteiger partial charge >= 0.3 is 5.97 Å². The van der Waals surface area contributed by atoms with E-state index in [0.717, 1.165) is 51.6 Å². The number of nitrogens with zero attached hydrogens (tertiary/aromatic N) is 2. The fourth-order valence-electron chi connectivity index (χ4n) is 5.89. The predicted octanol–water partition coefficient (Wildman–Crippen LogP) is 7.18. The summed E-state index contributed by atoms with van der Waals surface area (Å²) < 4.78 is 15.2. The summed E-state index contributed by atoms with van der Waals surface area (Å²) in [4.78, 5) is 25.0. The van der Waals surface area contributed by atoms with E-state index in [1.807, 2.05) is 65.3 Å². The van der Waals surface area contributed by atoms with Gasteiger partial charge < -0.3 is 10.4 Å². The Kier molecular flexibility index (Phi) is 7.82. The minimum Gasteiger partial charge on any atom is -0.481 e. The Morgan fingerprint density at radius 1 is 0.833 bits per heavy atom. The lowest BCUT2D eigenvalue weighted by Gasteiger charge is -2.26. The topological polar surface area (TPSA) is 84.2 Å². The van der Waals surface area contributed by atoms with Crippen molar-refractivity contribution in [3.05, 3.63) is 114 Å². The van der Waals surface area contributed by atoms with Crippen LogP contribution in [0.25, 0.3) is 33.2 Å². The highest BCUT2D eigenvalue weighted by Crippen LogP contribution is 2.31. The molecule has 2 N–H and O–H groups in total. The Morgan fingerprint density at radius 3 is 2.14 bits per heavy atom. The number of benzene rings is 4. The van der Waals surface area contributed by atoms with Gasteiger partial charge in [-0.3, -0.25) is 14.3 Å². The maximum absolute atomic E-state index is 13.7. The number of fused-ring (bicyclic) bond motifs is 1. The van der Waals surface area contributed by atoms with E-state index in [4.69, 9.17) is 0 Å². The number of nitrogens with one attached hydrogen (secondary N) is 1. The number of halogens is 1. The van der Waals surface area contributed by atoms with E-state index < -0.39 is 5.97 Å². The number of carboxylic acid groups (broad SMARTS) is 1. The Balaban J connectivity index is 1.27. The van der Waals surface area contributed by atoms with E-state index in [1.54, 1.807) is 18.3 Å². The second kappa shape index (κ2) is 12.0. The van der Waals surface area contributed by atoms with E-state index >= 15 is 0 Å².